The van der Waals surface area contributed by atoms with Gasteiger partial charge in [-0.15, -0.1) is 0 Å². The number of amides is 1. The van der Waals surface area contributed by atoms with Gasteiger partial charge >= 0.3 is 0 Å². The molecule has 3 N–H and O–H groups in total. The van der Waals surface area contributed by atoms with Crippen LogP contribution in [0.2, 0.25) is 0 Å². The molecule has 8 nitrogen and oxygen atoms in total. The van der Waals surface area contributed by atoms with E-state index in [0.29, 0.717) is 49.4 Å². The Kier molecular flexibility index (Phi) is 6.23. The van der Waals surface area contributed by atoms with Crippen molar-refractivity contribution in [2.24, 2.45) is 5.73 Å². The number of carbonyl (C=O) groups excluding carboxylic acids is 1. The van der Waals surface area contributed by atoms with Gasteiger partial charge in [0, 0.05) is 19.2 Å². The van der Waals surface area contributed by atoms with Crippen molar-refractivity contribution >= 4 is 17.1 Å². The number of para-hydroxylation sites is 1. The highest BCUT2D eigenvalue weighted by Crippen LogP contribution is 2.23. The summed E-state index contributed by atoms with van der Waals surface area (Å²) >= 11 is 0. The summed E-state index contributed by atoms with van der Waals surface area (Å²) in [6, 6.07) is 13.1. The van der Waals surface area contributed by atoms with Crippen molar-refractivity contribution in [1.82, 2.24) is 19.9 Å². The van der Waals surface area contributed by atoms with Gasteiger partial charge in [-0.05, 0) is 25.1 Å². The van der Waals surface area contributed by atoms with Crippen LogP contribution in [-0.4, -0.2) is 33.7 Å². The van der Waals surface area contributed by atoms with E-state index in [-0.39, 0.29) is 5.70 Å². The van der Waals surface area contributed by atoms with E-state index in [1.165, 1.54) is 0 Å². The number of nitrogens with two attached hydrogens (primary N) is 1. The van der Waals surface area contributed by atoms with Gasteiger partial charge in [0.05, 0.1) is 18.8 Å². The van der Waals surface area contributed by atoms with Crippen molar-refractivity contribution < 1.29 is 14.3 Å². The number of rotatable bonds is 10. The van der Waals surface area contributed by atoms with Gasteiger partial charge in [-0.2, -0.15) is 4.98 Å². The molecule has 1 aromatic carbocycles. The summed E-state index contributed by atoms with van der Waals surface area (Å²) in [5.74, 6) is 1.27. The standard InChI is InChI=1S/C20H23N5O3/c1-3-27-12-11-25-17(13-22-14(2)19(21)26)23-16-9-10-18(24-20(16)25)28-15-7-5-4-6-8-15/h4-10,22H,2-3,11-13H2,1H3,(H2,21,26). The van der Waals surface area contributed by atoms with Crippen LogP contribution in [0.4, 0.5) is 0 Å². The minimum Gasteiger partial charge on any atom is -0.439 e. The molecule has 0 radical (unpaired) electrons. The van der Waals surface area contributed by atoms with Crippen LogP contribution in [-0.2, 0) is 22.6 Å². The number of imidazole rings is 1. The largest absolute Gasteiger partial charge is 0.439 e. The normalized spacial score (nSPS) is 10.8. The summed E-state index contributed by atoms with van der Waals surface area (Å²) in [5, 5.41) is 2.89. The average molecular weight is 381 g/mol. The number of nitrogens with one attached hydrogen (secondary N) is 1. The molecule has 0 aliphatic carbocycles. The third kappa shape index (κ3) is 4.66. The van der Waals surface area contributed by atoms with Crippen molar-refractivity contribution in [3.63, 3.8) is 0 Å². The molecule has 0 fully saturated rings. The first-order valence-corrected chi connectivity index (χ1v) is 8.98. The smallest absolute Gasteiger partial charge is 0.264 e. The predicted molar refractivity (Wildman–Crippen MR) is 106 cm³/mol. The Hall–Kier alpha value is -3.39. The zero-order valence-corrected chi connectivity index (χ0v) is 15.7. The number of aromatic nitrogens is 3. The van der Waals surface area contributed by atoms with Crippen molar-refractivity contribution in [2.45, 2.75) is 20.0 Å². The number of pyridine rings is 1. The van der Waals surface area contributed by atoms with Crippen LogP contribution in [0, 0.1) is 0 Å². The van der Waals surface area contributed by atoms with E-state index in [1.807, 2.05) is 47.9 Å². The SMILES string of the molecule is C=C(NCc1nc2ccc(Oc3ccccc3)nc2n1CCOCC)C(N)=O. The Bertz CT molecular complexity index is 969. The monoisotopic (exact) mass is 381 g/mol. The maximum absolute atomic E-state index is 11.2. The molecule has 0 unspecified atom stereocenters. The van der Waals surface area contributed by atoms with Crippen molar-refractivity contribution in [3.05, 3.63) is 60.6 Å². The molecule has 0 spiro atoms. The van der Waals surface area contributed by atoms with Crippen LogP contribution in [0.15, 0.2) is 54.7 Å². The molecule has 0 saturated carbocycles. The summed E-state index contributed by atoms with van der Waals surface area (Å²) < 4.78 is 13.2. The number of nitrogens with zero attached hydrogens (tertiary/aromatic N) is 3. The molecule has 0 atom stereocenters. The summed E-state index contributed by atoms with van der Waals surface area (Å²) in [4.78, 5) is 20.4. The van der Waals surface area contributed by atoms with E-state index in [4.69, 9.17) is 15.2 Å². The minimum absolute atomic E-state index is 0.129. The van der Waals surface area contributed by atoms with Crippen molar-refractivity contribution in [2.75, 3.05) is 13.2 Å². The fourth-order valence-electron chi connectivity index (χ4n) is 2.64. The van der Waals surface area contributed by atoms with Crippen molar-refractivity contribution in [1.29, 1.82) is 0 Å². The number of fused-ring (bicyclic) bond motifs is 1. The van der Waals surface area contributed by atoms with Crippen LogP contribution in [0.25, 0.3) is 11.2 Å². The van der Waals surface area contributed by atoms with Crippen LogP contribution in [0.3, 0.4) is 0 Å². The third-order valence-electron chi connectivity index (χ3n) is 4.03. The number of hydrogen-bond donors (Lipinski definition) is 2. The van der Waals surface area contributed by atoms with Gasteiger partial charge < -0.3 is 25.1 Å². The molecule has 146 valence electrons. The van der Waals surface area contributed by atoms with Crippen LogP contribution in [0.1, 0.15) is 12.7 Å². The van der Waals surface area contributed by atoms with Crippen LogP contribution in [0.5, 0.6) is 11.6 Å². The molecule has 0 aliphatic rings. The zero-order valence-electron chi connectivity index (χ0n) is 15.7. The van der Waals surface area contributed by atoms with Gasteiger partial charge in [-0.3, -0.25) is 4.79 Å². The molecule has 0 saturated heterocycles. The number of carbonyl (C=O) groups is 1. The van der Waals surface area contributed by atoms with Gasteiger partial charge in [-0.1, -0.05) is 24.8 Å². The van der Waals surface area contributed by atoms with Gasteiger partial charge in [0.1, 0.15) is 17.1 Å². The number of benzene rings is 1. The Balaban J connectivity index is 1.89. The molecular weight excluding hydrogens is 358 g/mol. The predicted octanol–water partition coefficient (Wildman–Crippen LogP) is 2.35. The molecule has 2 aromatic heterocycles. The molecule has 1 amide bonds. The van der Waals surface area contributed by atoms with E-state index in [2.05, 4.69) is 21.9 Å². The second kappa shape index (κ2) is 9.01. The summed E-state index contributed by atoms with van der Waals surface area (Å²) in [5.41, 5.74) is 6.75. The fourth-order valence-corrected chi connectivity index (χ4v) is 2.64. The highest BCUT2D eigenvalue weighted by atomic mass is 16.5. The maximum Gasteiger partial charge on any atom is 0.264 e. The van der Waals surface area contributed by atoms with Gasteiger partial charge in [0.25, 0.3) is 5.91 Å². The molecule has 0 aliphatic heterocycles. The molecule has 0 bridgehead atoms. The van der Waals surface area contributed by atoms with Gasteiger partial charge in [0.2, 0.25) is 5.88 Å². The Labute approximate surface area is 163 Å². The Morgan fingerprint density at radius 2 is 2.00 bits per heavy atom. The lowest BCUT2D eigenvalue weighted by Crippen LogP contribution is -2.26. The maximum atomic E-state index is 11.2. The lowest BCUT2D eigenvalue weighted by molar-refractivity contribution is -0.114. The average Bonchev–Trinajstić information content (AvgIpc) is 3.04. The fraction of sp³-hybridized carbons (Fsp3) is 0.250. The van der Waals surface area contributed by atoms with E-state index < -0.39 is 5.91 Å². The topological polar surface area (TPSA) is 104 Å². The van der Waals surface area contributed by atoms with E-state index in [9.17, 15) is 4.79 Å². The molecular formula is C20H23N5O3. The van der Waals surface area contributed by atoms with E-state index >= 15 is 0 Å². The van der Waals surface area contributed by atoms with Crippen LogP contribution < -0.4 is 15.8 Å². The summed E-state index contributed by atoms with van der Waals surface area (Å²) in [7, 11) is 0. The molecule has 28 heavy (non-hydrogen) atoms. The Morgan fingerprint density at radius 3 is 2.71 bits per heavy atom. The number of hydrogen-bond acceptors (Lipinski definition) is 6. The minimum atomic E-state index is -0.603. The summed E-state index contributed by atoms with van der Waals surface area (Å²) in [6.45, 7) is 7.53. The molecule has 2 heterocycles. The Morgan fingerprint density at radius 1 is 1.21 bits per heavy atom. The quantitative estimate of drug-likeness (QED) is 0.413. The second-order valence-electron chi connectivity index (χ2n) is 5.98. The van der Waals surface area contributed by atoms with Gasteiger partial charge in [0.15, 0.2) is 5.65 Å². The summed E-state index contributed by atoms with van der Waals surface area (Å²) in [6.07, 6.45) is 0. The lowest BCUT2D eigenvalue weighted by atomic mass is 10.3. The van der Waals surface area contributed by atoms with E-state index in [1.54, 1.807) is 6.07 Å². The molecule has 8 heteroatoms. The first-order valence-electron chi connectivity index (χ1n) is 8.98. The molecule has 3 rings (SSSR count). The number of ether oxygens (including phenoxy) is 2. The lowest BCUT2D eigenvalue weighted by Gasteiger charge is -2.11. The first-order chi connectivity index (χ1) is 13.6. The highest BCUT2D eigenvalue weighted by Gasteiger charge is 2.14. The third-order valence-corrected chi connectivity index (χ3v) is 4.03. The van der Waals surface area contributed by atoms with Gasteiger partial charge in [-0.25, -0.2) is 4.98 Å². The number of primary amides is 1. The zero-order chi connectivity index (χ0) is 19.9. The molecule has 3 aromatic rings. The van der Waals surface area contributed by atoms with E-state index in [0.717, 1.165) is 5.52 Å². The second-order valence-corrected chi connectivity index (χ2v) is 5.98. The van der Waals surface area contributed by atoms with Crippen molar-refractivity contribution in [3.8, 4) is 11.6 Å². The first kappa shape index (κ1) is 19.4. The highest BCUT2D eigenvalue weighted by molar-refractivity contribution is 5.90. The van der Waals surface area contributed by atoms with Crippen LogP contribution >= 0.6 is 0 Å².